The van der Waals surface area contributed by atoms with Crippen molar-refractivity contribution in [1.82, 2.24) is 10.7 Å². The highest BCUT2D eigenvalue weighted by Gasteiger charge is 1.93. The number of rotatable bonds is 19. The molecular weight excluding hydrogens is 292 g/mol. The molecule has 6 N–H and O–H groups in total. The van der Waals surface area contributed by atoms with Gasteiger partial charge in [-0.15, -0.1) is 0 Å². The highest BCUT2D eigenvalue weighted by molar-refractivity contribution is 4.40. The van der Waals surface area contributed by atoms with Crippen LogP contribution in [0.5, 0.6) is 0 Å². The van der Waals surface area contributed by atoms with Gasteiger partial charge in [-0.05, 0) is 0 Å². The van der Waals surface area contributed by atoms with Crippen molar-refractivity contribution in [2.45, 2.75) is 0 Å². The second-order valence-electron chi connectivity index (χ2n) is 4.22. The third kappa shape index (κ3) is 19.6. The maximum absolute atomic E-state index is 5.36. The molecule has 0 aliphatic carbocycles. The first-order chi connectivity index (χ1) is 10.9. The van der Waals surface area contributed by atoms with E-state index in [0.29, 0.717) is 79.3 Å². The van der Waals surface area contributed by atoms with Crippen molar-refractivity contribution in [3.8, 4) is 0 Å². The standard InChI is InChI=1S/C13H32N4O5/c14-13-16-1-3-18-5-7-20-9-11-22-12-10-21-8-6-19-4-2-17-15/h16-17H,1-15H2. The van der Waals surface area contributed by atoms with Crippen LogP contribution in [0.15, 0.2) is 0 Å². The molecule has 134 valence electrons. The Labute approximate surface area is 132 Å². The quantitative estimate of drug-likeness (QED) is 0.0928. The lowest BCUT2D eigenvalue weighted by Gasteiger charge is -2.08. The average molecular weight is 324 g/mol. The van der Waals surface area contributed by atoms with Crippen LogP contribution < -0.4 is 22.3 Å². The molecule has 0 atom stereocenters. The summed E-state index contributed by atoms with van der Waals surface area (Å²) >= 11 is 0. The summed E-state index contributed by atoms with van der Waals surface area (Å²) in [5.74, 6) is 5.10. The second-order valence-corrected chi connectivity index (χ2v) is 4.22. The Balaban J connectivity index is 2.91. The first kappa shape index (κ1) is 21.6. The molecule has 0 rings (SSSR count). The molecule has 0 unspecified atom stereocenters. The molecule has 22 heavy (non-hydrogen) atoms. The molecule has 0 aromatic rings. The number of ether oxygens (including phenoxy) is 5. The Morgan fingerprint density at radius 1 is 0.545 bits per heavy atom. The largest absolute Gasteiger partial charge is 0.378 e. The van der Waals surface area contributed by atoms with Crippen molar-refractivity contribution >= 4 is 0 Å². The third-order valence-electron chi connectivity index (χ3n) is 2.45. The smallest absolute Gasteiger partial charge is 0.0701 e. The van der Waals surface area contributed by atoms with Crippen molar-refractivity contribution < 1.29 is 23.7 Å². The molecule has 0 aromatic heterocycles. The van der Waals surface area contributed by atoms with E-state index in [-0.39, 0.29) is 0 Å². The molecule has 9 heteroatoms. The lowest BCUT2D eigenvalue weighted by atomic mass is 10.6. The van der Waals surface area contributed by atoms with Crippen LogP contribution in [0.25, 0.3) is 0 Å². The van der Waals surface area contributed by atoms with Crippen molar-refractivity contribution in [1.29, 1.82) is 0 Å². The molecule has 0 saturated carbocycles. The van der Waals surface area contributed by atoms with Crippen LogP contribution in [0.1, 0.15) is 0 Å². The SMILES string of the molecule is NCNCCOCCOCCOCCOCCOCCNN. The Kier molecular flexibility index (Phi) is 20.3. The van der Waals surface area contributed by atoms with Gasteiger partial charge in [0.05, 0.1) is 66.1 Å². The lowest BCUT2D eigenvalue weighted by molar-refractivity contribution is -0.0105. The minimum atomic E-state index is 0.472. The van der Waals surface area contributed by atoms with Gasteiger partial charge in [-0.3, -0.25) is 11.3 Å². The molecule has 0 aliphatic heterocycles. The Morgan fingerprint density at radius 3 is 1.27 bits per heavy atom. The number of hydrazine groups is 1. The predicted molar refractivity (Wildman–Crippen MR) is 83.3 cm³/mol. The number of hydrogen-bond acceptors (Lipinski definition) is 9. The summed E-state index contributed by atoms with van der Waals surface area (Å²) in [6, 6.07) is 0. The van der Waals surface area contributed by atoms with E-state index in [1.54, 1.807) is 0 Å². The van der Waals surface area contributed by atoms with Gasteiger partial charge in [-0.2, -0.15) is 0 Å². The molecular formula is C13H32N4O5. The zero-order chi connectivity index (χ0) is 16.1. The molecule has 0 aliphatic rings. The van der Waals surface area contributed by atoms with E-state index in [9.17, 15) is 0 Å². The fourth-order valence-electron chi connectivity index (χ4n) is 1.36. The van der Waals surface area contributed by atoms with E-state index in [1.807, 2.05) is 0 Å². The fourth-order valence-corrected chi connectivity index (χ4v) is 1.36. The Morgan fingerprint density at radius 2 is 0.909 bits per heavy atom. The van der Waals surface area contributed by atoms with E-state index in [0.717, 1.165) is 6.54 Å². The van der Waals surface area contributed by atoms with Gasteiger partial charge < -0.3 is 34.7 Å². The zero-order valence-corrected chi connectivity index (χ0v) is 13.4. The van der Waals surface area contributed by atoms with E-state index in [1.165, 1.54) is 0 Å². The van der Waals surface area contributed by atoms with E-state index in [4.69, 9.17) is 35.3 Å². The van der Waals surface area contributed by atoms with Crippen molar-refractivity contribution in [2.75, 3.05) is 85.8 Å². The van der Waals surface area contributed by atoms with Gasteiger partial charge in [0.25, 0.3) is 0 Å². The summed E-state index contributed by atoms with van der Waals surface area (Å²) in [6.45, 7) is 7.56. The first-order valence-electron chi connectivity index (χ1n) is 7.64. The zero-order valence-electron chi connectivity index (χ0n) is 13.4. The molecule has 0 amide bonds. The van der Waals surface area contributed by atoms with E-state index >= 15 is 0 Å². The van der Waals surface area contributed by atoms with Gasteiger partial charge in [-0.1, -0.05) is 0 Å². The lowest BCUT2D eigenvalue weighted by Crippen LogP contribution is -2.26. The van der Waals surface area contributed by atoms with Gasteiger partial charge in [0.15, 0.2) is 0 Å². The summed E-state index contributed by atoms with van der Waals surface area (Å²) in [7, 11) is 0. The first-order valence-corrected chi connectivity index (χ1v) is 7.64. The van der Waals surface area contributed by atoms with Crippen LogP contribution in [0, 0.1) is 0 Å². The highest BCUT2D eigenvalue weighted by Crippen LogP contribution is 1.83. The third-order valence-corrected chi connectivity index (χ3v) is 2.45. The minimum absolute atomic E-state index is 0.472. The van der Waals surface area contributed by atoms with E-state index < -0.39 is 0 Å². The topological polar surface area (TPSA) is 122 Å². The molecule has 0 bridgehead atoms. The van der Waals surface area contributed by atoms with Crippen molar-refractivity contribution in [2.24, 2.45) is 11.6 Å². The molecule has 0 heterocycles. The van der Waals surface area contributed by atoms with Crippen LogP contribution in [0.3, 0.4) is 0 Å². The van der Waals surface area contributed by atoms with Gasteiger partial charge in [0, 0.05) is 19.8 Å². The minimum Gasteiger partial charge on any atom is -0.378 e. The maximum Gasteiger partial charge on any atom is 0.0701 e. The van der Waals surface area contributed by atoms with Crippen molar-refractivity contribution in [3.05, 3.63) is 0 Å². The summed E-state index contributed by atoms with van der Waals surface area (Å²) < 4.78 is 26.6. The van der Waals surface area contributed by atoms with Gasteiger partial charge in [-0.25, -0.2) is 0 Å². The molecule has 0 spiro atoms. The maximum atomic E-state index is 5.36. The molecule has 0 aromatic carbocycles. The summed E-state index contributed by atoms with van der Waals surface area (Å²) in [4.78, 5) is 0. The van der Waals surface area contributed by atoms with Crippen LogP contribution in [-0.2, 0) is 23.7 Å². The summed E-state index contributed by atoms with van der Waals surface area (Å²) in [6.07, 6.45) is 0. The molecule has 0 fully saturated rings. The van der Waals surface area contributed by atoms with Crippen LogP contribution in [0.4, 0.5) is 0 Å². The number of nitrogens with two attached hydrogens (primary N) is 2. The van der Waals surface area contributed by atoms with Crippen LogP contribution >= 0.6 is 0 Å². The average Bonchev–Trinajstić information content (AvgIpc) is 2.54. The Bertz CT molecular complexity index is 183. The number of nitrogens with one attached hydrogen (secondary N) is 2. The molecule has 0 radical (unpaired) electrons. The molecule has 9 nitrogen and oxygen atoms in total. The predicted octanol–water partition coefficient (Wildman–Crippen LogP) is -1.96. The number of hydrogen-bond donors (Lipinski definition) is 4. The van der Waals surface area contributed by atoms with Crippen LogP contribution in [-0.4, -0.2) is 85.8 Å². The fraction of sp³-hybridized carbons (Fsp3) is 1.00. The normalized spacial score (nSPS) is 11.2. The summed E-state index contributed by atoms with van der Waals surface area (Å²) in [5, 5.41) is 2.97. The Hall–Kier alpha value is -0.360. The monoisotopic (exact) mass is 324 g/mol. The van der Waals surface area contributed by atoms with Gasteiger partial charge >= 0.3 is 0 Å². The van der Waals surface area contributed by atoms with Gasteiger partial charge in [0.2, 0.25) is 0 Å². The van der Waals surface area contributed by atoms with Gasteiger partial charge in [0.1, 0.15) is 0 Å². The van der Waals surface area contributed by atoms with E-state index in [2.05, 4.69) is 10.7 Å². The highest BCUT2D eigenvalue weighted by atomic mass is 16.6. The molecule has 0 saturated heterocycles. The second kappa shape index (κ2) is 20.6. The van der Waals surface area contributed by atoms with Crippen LogP contribution in [0.2, 0.25) is 0 Å². The van der Waals surface area contributed by atoms with Crippen molar-refractivity contribution in [3.63, 3.8) is 0 Å². The summed E-state index contributed by atoms with van der Waals surface area (Å²) in [5.41, 5.74) is 7.78.